The Bertz CT molecular complexity index is 705. The van der Waals surface area contributed by atoms with Gasteiger partial charge in [0.25, 0.3) is 0 Å². The molecule has 0 aliphatic carbocycles. The zero-order valence-electron chi connectivity index (χ0n) is 17.6. The van der Waals surface area contributed by atoms with Crippen molar-refractivity contribution < 1.29 is 29.3 Å². The molecular formula is C22H32N2O6. The van der Waals surface area contributed by atoms with Gasteiger partial charge in [-0.2, -0.15) is 0 Å². The summed E-state index contributed by atoms with van der Waals surface area (Å²) in [5, 5.41) is 14.8. The molecule has 2 fully saturated rings. The highest BCUT2D eigenvalue weighted by atomic mass is 16.5. The molecule has 1 amide bonds. The number of carbonyl (C=O) groups is 3. The topological polar surface area (TPSA) is 107 Å². The molecule has 0 aromatic heterocycles. The molecular weight excluding hydrogens is 388 g/mol. The van der Waals surface area contributed by atoms with E-state index < -0.39 is 11.9 Å². The minimum Gasteiger partial charge on any atom is -0.494 e. The standard InChI is InChI=1S/C20H30N2O2.C2H2O4/c1-2-24-19-11-5-4-9-17(19)15-21-12-8-10-18(16-21)20(23)22-13-6-3-7-14-22;3-1(4)2(5)6/h4-5,9,11,18H,2-3,6-8,10,12-16H2,1H3;(H,3,4)(H,5,6). The number of nitrogens with zero attached hydrogens (tertiary/aromatic N) is 2. The van der Waals surface area contributed by atoms with Crippen LogP contribution in [0.15, 0.2) is 24.3 Å². The molecule has 2 N–H and O–H groups in total. The molecule has 0 bridgehead atoms. The van der Waals surface area contributed by atoms with Crippen molar-refractivity contribution in [2.75, 3.05) is 32.8 Å². The van der Waals surface area contributed by atoms with Gasteiger partial charge in [0, 0.05) is 31.7 Å². The number of piperidine rings is 2. The van der Waals surface area contributed by atoms with Crippen molar-refractivity contribution in [3.8, 4) is 5.75 Å². The van der Waals surface area contributed by atoms with E-state index in [2.05, 4.69) is 21.9 Å². The molecule has 1 unspecified atom stereocenters. The summed E-state index contributed by atoms with van der Waals surface area (Å²) in [5.74, 6) is -2.11. The first kappa shape index (κ1) is 23.7. The number of amides is 1. The maximum atomic E-state index is 12.8. The lowest BCUT2D eigenvalue weighted by Gasteiger charge is -2.36. The number of hydrogen-bond acceptors (Lipinski definition) is 5. The van der Waals surface area contributed by atoms with Crippen LogP contribution in [0, 0.1) is 5.92 Å². The van der Waals surface area contributed by atoms with Gasteiger partial charge in [-0.25, -0.2) is 9.59 Å². The largest absolute Gasteiger partial charge is 0.494 e. The predicted molar refractivity (Wildman–Crippen MR) is 111 cm³/mol. The zero-order chi connectivity index (χ0) is 21.9. The molecule has 2 aliphatic heterocycles. The molecule has 1 atom stereocenters. The normalized spacial score (nSPS) is 19.4. The van der Waals surface area contributed by atoms with Crippen LogP contribution in [0.2, 0.25) is 0 Å². The van der Waals surface area contributed by atoms with Gasteiger partial charge in [0.15, 0.2) is 0 Å². The van der Waals surface area contributed by atoms with Gasteiger partial charge in [0.1, 0.15) is 5.75 Å². The Hall–Kier alpha value is -2.61. The van der Waals surface area contributed by atoms with Crippen LogP contribution >= 0.6 is 0 Å². The Kier molecular flexibility index (Phi) is 9.60. The van der Waals surface area contributed by atoms with Crippen molar-refractivity contribution in [2.24, 2.45) is 5.92 Å². The summed E-state index contributed by atoms with van der Waals surface area (Å²) in [4.78, 5) is 35.5. The Labute approximate surface area is 177 Å². The van der Waals surface area contributed by atoms with Gasteiger partial charge < -0.3 is 19.8 Å². The van der Waals surface area contributed by atoms with Crippen molar-refractivity contribution >= 4 is 17.8 Å². The number of para-hydroxylation sites is 1. The molecule has 1 aromatic rings. The predicted octanol–water partition coefficient (Wildman–Crippen LogP) is 2.47. The van der Waals surface area contributed by atoms with Crippen LogP contribution in [0.1, 0.15) is 44.6 Å². The summed E-state index contributed by atoms with van der Waals surface area (Å²) in [6.07, 6.45) is 5.77. The van der Waals surface area contributed by atoms with E-state index in [9.17, 15) is 4.79 Å². The Morgan fingerprint density at radius 3 is 2.30 bits per heavy atom. The van der Waals surface area contributed by atoms with Crippen molar-refractivity contribution in [1.82, 2.24) is 9.80 Å². The smallest absolute Gasteiger partial charge is 0.414 e. The molecule has 0 saturated carbocycles. The third-order valence-electron chi connectivity index (χ3n) is 5.37. The number of benzene rings is 1. The first-order valence-electron chi connectivity index (χ1n) is 10.6. The summed E-state index contributed by atoms with van der Waals surface area (Å²) in [7, 11) is 0. The van der Waals surface area contributed by atoms with Crippen LogP contribution in [0.3, 0.4) is 0 Å². The summed E-state index contributed by atoms with van der Waals surface area (Å²) >= 11 is 0. The second-order valence-electron chi connectivity index (χ2n) is 7.61. The molecule has 8 heteroatoms. The van der Waals surface area contributed by atoms with Crippen LogP contribution in [0.25, 0.3) is 0 Å². The summed E-state index contributed by atoms with van der Waals surface area (Å²) in [5.41, 5.74) is 1.23. The van der Waals surface area contributed by atoms with Gasteiger partial charge in [-0.15, -0.1) is 0 Å². The zero-order valence-corrected chi connectivity index (χ0v) is 17.6. The second-order valence-corrected chi connectivity index (χ2v) is 7.61. The van der Waals surface area contributed by atoms with E-state index in [0.717, 1.165) is 51.3 Å². The lowest BCUT2D eigenvalue weighted by Crippen LogP contribution is -2.46. The summed E-state index contributed by atoms with van der Waals surface area (Å²) in [6.45, 7) is 7.46. The average molecular weight is 421 g/mol. The highest BCUT2D eigenvalue weighted by Crippen LogP contribution is 2.25. The molecule has 30 heavy (non-hydrogen) atoms. The molecule has 0 spiro atoms. The van der Waals surface area contributed by atoms with E-state index in [1.54, 1.807) is 0 Å². The summed E-state index contributed by atoms with van der Waals surface area (Å²) in [6, 6.07) is 8.27. The molecule has 8 nitrogen and oxygen atoms in total. The number of carbonyl (C=O) groups excluding carboxylic acids is 1. The van der Waals surface area contributed by atoms with Gasteiger partial charge in [-0.05, 0) is 51.6 Å². The van der Waals surface area contributed by atoms with Gasteiger partial charge in [0.05, 0.1) is 12.5 Å². The van der Waals surface area contributed by atoms with Crippen molar-refractivity contribution in [2.45, 2.75) is 45.6 Å². The molecule has 166 valence electrons. The van der Waals surface area contributed by atoms with E-state index in [4.69, 9.17) is 24.5 Å². The molecule has 1 aromatic carbocycles. The van der Waals surface area contributed by atoms with Crippen LogP contribution in [-0.2, 0) is 20.9 Å². The maximum Gasteiger partial charge on any atom is 0.414 e. The average Bonchev–Trinajstić information content (AvgIpc) is 2.76. The van der Waals surface area contributed by atoms with Crippen LogP contribution in [0.5, 0.6) is 5.75 Å². The monoisotopic (exact) mass is 420 g/mol. The van der Waals surface area contributed by atoms with E-state index >= 15 is 0 Å². The highest BCUT2D eigenvalue weighted by molar-refractivity contribution is 6.27. The van der Waals surface area contributed by atoms with Crippen molar-refractivity contribution in [3.63, 3.8) is 0 Å². The number of hydrogen-bond donors (Lipinski definition) is 2. The fourth-order valence-electron chi connectivity index (χ4n) is 3.94. The second kappa shape index (κ2) is 12.2. The minimum atomic E-state index is -1.82. The van der Waals surface area contributed by atoms with Gasteiger partial charge in [0.2, 0.25) is 5.91 Å². The van der Waals surface area contributed by atoms with Gasteiger partial charge >= 0.3 is 11.9 Å². The van der Waals surface area contributed by atoms with E-state index in [0.29, 0.717) is 12.5 Å². The lowest BCUT2D eigenvalue weighted by atomic mass is 9.95. The first-order chi connectivity index (χ1) is 14.4. The van der Waals surface area contributed by atoms with Crippen LogP contribution < -0.4 is 4.74 Å². The van der Waals surface area contributed by atoms with Gasteiger partial charge in [-0.1, -0.05) is 18.2 Å². The highest BCUT2D eigenvalue weighted by Gasteiger charge is 2.30. The number of likely N-dealkylation sites (tertiary alicyclic amines) is 2. The third-order valence-corrected chi connectivity index (χ3v) is 5.37. The SMILES string of the molecule is CCOc1ccccc1CN1CCCC(C(=O)N2CCCCC2)C1.O=C(O)C(=O)O. The van der Waals surface area contributed by atoms with Crippen molar-refractivity contribution in [3.05, 3.63) is 29.8 Å². The Morgan fingerprint density at radius 2 is 1.67 bits per heavy atom. The van der Waals surface area contributed by atoms with Gasteiger partial charge in [-0.3, -0.25) is 9.69 Å². The van der Waals surface area contributed by atoms with E-state index in [1.807, 2.05) is 19.1 Å². The van der Waals surface area contributed by atoms with Crippen LogP contribution in [-0.4, -0.2) is 70.6 Å². The first-order valence-corrected chi connectivity index (χ1v) is 10.6. The van der Waals surface area contributed by atoms with Crippen molar-refractivity contribution in [1.29, 1.82) is 0 Å². The molecule has 2 heterocycles. The Balaban J connectivity index is 0.000000469. The quantitative estimate of drug-likeness (QED) is 0.705. The number of aliphatic carboxylic acids is 2. The molecule has 0 radical (unpaired) electrons. The fourth-order valence-corrected chi connectivity index (χ4v) is 3.94. The Morgan fingerprint density at radius 1 is 1.00 bits per heavy atom. The van der Waals surface area contributed by atoms with E-state index in [-0.39, 0.29) is 5.92 Å². The van der Waals surface area contributed by atoms with E-state index in [1.165, 1.54) is 24.8 Å². The number of carboxylic acids is 2. The summed E-state index contributed by atoms with van der Waals surface area (Å²) < 4.78 is 5.75. The number of ether oxygens (including phenoxy) is 1. The number of rotatable bonds is 5. The third kappa shape index (κ3) is 7.33. The fraction of sp³-hybridized carbons (Fsp3) is 0.591. The maximum absolute atomic E-state index is 12.8. The molecule has 2 saturated heterocycles. The molecule has 3 rings (SSSR count). The minimum absolute atomic E-state index is 0.177. The lowest BCUT2D eigenvalue weighted by molar-refractivity contribution is -0.159. The number of carboxylic acid groups (broad SMARTS) is 2. The molecule has 2 aliphatic rings. The van der Waals surface area contributed by atoms with Crippen LogP contribution in [0.4, 0.5) is 0 Å².